The molecule has 0 aliphatic rings. The highest BCUT2D eigenvalue weighted by Gasteiger charge is 2.09. The number of thiophene rings is 1. The Hall–Kier alpha value is -1.89. The van der Waals surface area contributed by atoms with E-state index in [0.717, 1.165) is 34.9 Å². The summed E-state index contributed by atoms with van der Waals surface area (Å²) in [6, 6.07) is 9.35. The zero-order valence-electron chi connectivity index (χ0n) is 14.1. The van der Waals surface area contributed by atoms with E-state index in [0.29, 0.717) is 24.6 Å². The van der Waals surface area contributed by atoms with Gasteiger partial charge in [-0.05, 0) is 48.6 Å². The van der Waals surface area contributed by atoms with Crippen LogP contribution in [-0.2, 0) is 11.2 Å². The van der Waals surface area contributed by atoms with E-state index in [1.165, 1.54) is 0 Å². The molecule has 0 atom stereocenters. The number of nitrogens with one attached hydrogen (secondary N) is 1. The molecule has 0 fully saturated rings. The lowest BCUT2D eigenvalue weighted by molar-refractivity contribution is -0.120. The summed E-state index contributed by atoms with van der Waals surface area (Å²) < 4.78 is 5.62. The molecule has 0 radical (unpaired) electrons. The quantitative estimate of drug-likeness (QED) is 0.506. The van der Waals surface area contributed by atoms with E-state index in [1.807, 2.05) is 29.0 Å². The van der Waals surface area contributed by atoms with E-state index in [2.05, 4.69) is 15.7 Å². The normalized spacial score (nSPS) is 10.7. The highest BCUT2D eigenvalue weighted by Crippen LogP contribution is 2.25. The third-order valence-corrected chi connectivity index (χ3v) is 5.51. The molecule has 4 nitrogen and oxygen atoms in total. The molecule has 2 aromatic heterocycles. The summed E-state index contributed by atoms with van der Waals surface area (Å²) in [5.74, 6) is 0.814. The summed E-state index contributed by atoms with van der Waals surface area (Å²) in [4.78, 5) is 16.5. The Balaban J connectivity index is 1.30. The molecule has 7 heteroatoms. The summed E-state index contributed by atoms with van der Waals surface area (Å²) in [5.41, 5.74) is 1.94. The summed E-state index contributed by atoms with van der Waals surface area (Å²) in [6.45, 7) is 1.26. The number of unbranched alkanes of at least 4 members (excludes halogenated alkanes) is 1. The van der Waals surface area contributed by atoms with Gasteiger partial charge in [-0.2, -0.15) is 11.3 Å². The van der Waals surface area contributed by atoms with Crippen LogP contribution < -0.4 is 10.1 Å². The first-order chi connectivity index (χ1) is 12.7. The van der Waals surface area contributed by atoms with Crippen LogP contribution in [-0.4, -0.2) is 24.0 Å². The largest absolute Gasteiger partial charge is 0.494 e. The lowest BCUT2D eigenvalue weighted by atomic mass is 10.3. The molecule has 136 valence electrons. The first-order valence-electron chi connectivity index (χ1n) is 8.33. The van der Waals surface area contributed by atoms with Crippen LogP contribution in [0.3, 0.4) is 0 Å². The average Bonchev–Trinajstić information content (AvgIpc) is 3.31. The number of amides is 1. The van der Waals surface area contributed by atoms with E-state index in [9.17, 15) is 4.79 Å². The SMILES string of the molecule is O=C(Cc1csc(-c2ccsc2)n1)NCCCCOc1ccc(Cl)cc1. The maximum atomic E-state index is 12.0. The van der Waals surface area contributed by atoms with Gasteiger partial charge in [0.25, 0.3) is 0 Å². The Morgan fingerprint density at radius 3 is 2.77 bits per heavy atom. The van der Waals surface area contributed by atoms with Crippen molar-refractivity contribution in [2.75, 3.05) is 13.2 Å². The monoisotopic (exact) mass is 406 g/mol. The Labute approximate surface area is 165 Å². The van der Waals surface area contributed by atoms with Gasteiger partial charge in [0.05, 0.1) is 18.7 Å². The molecule has 3 rings (SSSR count). The fourth-order valence-electron chi connectivity index (χ4n) is 2.31. The van der Waals surface area contributed by atoms with Gasteiger partial charge in [-0.15, -0.1) is 11.3 Å². The molecule has 1 N–H and O–H groups in total. The van der Waals surface area contributed by atoms with Crippen molar-refractivity contribution in [1.82, 2.24) is 10.3 Å². The maximum absolute atomic E-state index is 12.0. The fourth-order valence-corrected chi connectivity index (χ4v) is 3.97. The lowest BCUT2D eigenvalue weighted by Gasteiger charge is -2.07. The van der Waals surface area contributed by atoms with Gasteiger partial charge in [-0.1, -0.05) is 11.6 Å². The number of benzene rings is 1. The average molecular weight is 407 g/mol. The van der Waals surface area contributed by atoms with Gasteiger partial charge in [0, 0.05) is 27.9 Å². The predicted octanol–water partition coefficient (Wildman–Crippen LogP) is 5.04. The van der Waals surface area contributed by atoms with Crippen molar-refractivity contribution in [3.8, 4) is 16.3 Å². The van der Waals surface area contributed by atoms with Gasteiger partial charge in [-0.25, -0.2) is 4.98 Å². The third kappa shape index (κ3) is 5.83. The Kier molecular flexibility index (Phi) is 7.05. The highest BCUT2D eigenvalue weighted by atomic mass is 35.5. The minimum Gasteiger partial charge on any atom is -0.494 e. The number of ether oxygens (including phenoxy) is 1. The molecule has 2 heterocycles. The van der Waals surface area contributed by atoms with Crippen LogP contribution in [0.5, 0.6) is 5.75 Å². The van der Waals surface area contributed by atoms with Gasteiger partial charge >= 0.3 is 0 Å². The molecule has 1 aromatic carbocycles. The third-order valence-electron chi connectivity index (χ3n) is 3.64. The zero-order valence-corrected chi connectivity index (χ0v) is 16.5. The van der Waals surface area contributed by atoms with Gasteiger partial charge in [0.1, 0.15) is 10.8 Å². The zero-order chi connectivity index (χ0) is 18.2. The number of hydrogen-bond donors (Lipinski definition) is 1. The molecule has 0 aliphatic carbocycles. The van der Waals surface area contributed by atoms with E-state index >= 15 is 0 Å². The van der Waals surface area contributed by atoms with Gasteiger partial charge in [0.2, 0.25) is 5.91 Å². The molecule has 0 saturated carbocycles. The van der Waals surface area contributed by atoms with Crippen LogP contribution in [0.2, 0.25) is 5.02 Å². The van der Waals surface area contributed by atoms with Crippen LogP contribution in [0.4, 0.5) is 0 Å². The fraction of sp³-hybridized carbons (Fsp3) is 0.263. The van der Waals surface area contributed by atoms with Gasteiger partial charge in [-0.3, -0.25) is 4.79 Å². The van der Waals surface area contributed by atoms with Crippen LogP contribution in [0, 0.1) is 0 Å². The van der Waals surface area contributed by atoms with Crippen LogP contribution in [0.25, 0.3) is 10.6 Å². The van der Waals surface area contributed by atoms with Crippen LogP contribution in [0.1, 0.15) is 18.5 Å². The minimum absolute atomic E-state index is 0.00536. The molecular weight excluding hydrogens is 388 g/mol. The molecule has 0 spiro atoms. The summed E-state index contributed by atoms with van der Waals surface area (Å²) in [6.07, 6.45) is 2.07. The summed E-state index contributed by atoms with van der Waals surface area (Å²) in [5, 5.41) is 10.6. The number of carbonyl (C=O) groups is 1. The molecule has 26 heavy (non-hydrogen) atoms. The van der Waals surface area contributed by atoms with E-state index in [-0.39, 0.29) is 5.91 Å². The summed E-state index contributed by atoms with van der Waals surface area (Å²) in [7, 11) is 0. The highest BCUT2D eigenvalue weighted by molar-refractivity contribution is 7.14. The van der Waals surface area contributed by atoms with Crippen LogP contribution >= 0.6 is 34.3 Å². The van der Waals surface area contributed by atoms with E-state index < -0.39 is 0 Å². The Morgan fingerprint density at radius 2 is 2.00 bits per heavy atom. The first kappa shape index (κ1) is 18.9. The first-order valence-corrected chi connectivity index (χ1v) is 10.5. The van der Waals surface area contributed by atoms with Crippen LogP contribution in [0.15, 0.2) is 46.5 Å². The van der Waals surface area contributed by atoms with Crippen molar-refractivity contribution >= 4 is 40.2 Å². The topological polar surface area (TPSA) is 51.2 Å². The number of carbonyl (C=O) groups excluding carboxylic acids is 1. The minimum atomic E-state index is 0.00536. The van der Waals surface area contributed by atoms with E-state index in [1.54, 1.807) is 34.8 Å². The maximum Gasteiger partial charge on any atom is 0.226 e. The van der Waals surface area contributed by atoms with Crippen molar-refractivity contribution in [2.24, 2.45) is 0 Å². The van der Waals surface area contributed by atoms with Crippen molar-refractivity contribution in [3.05, 3.63) is 57.2 Å². The number of thiazole rings is 1. The molecule has 3 aromatic rings. The smallest absolute Gasteiger partial charge is 0.226 e. The second kappa shape index (κ2) is 9.71. The Morgan fingerprint density at radius 1 is 1.15 bits per heavy atom. The predicted molar refractivity (Wildman–Crippen MR) is 108 cm³/mol. The van der Waals surface area contributed by atoms with Crippen molar-refractivity contribution in [2.45, 2.75) is 19.3 Å². The van der Waals surface area contributed by atoms with E-state index in [4.69, 9.17) is 16.3 Å². The van der Waals surface area contributed by atoms with Gasteiger partial charge in [0.15, 0.2) is 0 Å². The number of rotatable bonds is 9. The lowest BCUT2D eigenvalue weighted by Crippen LogP contribution is -2.26. The second-order valence-electron chi connectivity index (χ2n) is 5.69. The number of halogens is 1. The number of aromatic nitrogens is 1. The second-order valence-corrected chi connectivity index (χ2v) is 7.77. The molecule has 0 bridgehead atoms. The standard InChI is InChI=1S/C19H19ClN2O2S2/c20-15-3-5-17(6-4-15)24-9-2-1-8-21-18(23)11-16-13-26-19(22-16)14-7-10-25-12-14/h3-7,10,12-13H,1-2,8-9,11H2,(H,21,23). The Bertz CT molecular complexity index is 816. The summed E-state index contributed by atoms with van der Waals surface area (Å²) >= 11 is 9.05. The number of hydrogen-bond acceptors (Lipinski definition) is 5. The van der Waals surface area contributed by atoms with Crippen molar-refractivity contribution in [3.63, 3.8) is 0 Å². The van der Waals surface area contributed by atoms with Crippen molar-refractivity contribution < 1.29 is 9.53 Å². The number of nitrogens with zero attached hydrogens (tertiary/aromatic N) is 1. The molecule has 0 saturated heterocycles. The van der Waals surface area contributed by atoms with Gasteiger partial charge < -0.3 is 10.1 Å². The van der Waals surface area contributed by atoms with Crippen molar-refractivity contribution in [1.29, 1.82) is 0 Å². The molecule has 0 aliphatic heterocycles. The molecule has 1 amide bonds. The molecular formula is C19H19ClN2O2S2. The molecule has 0 unspecified atom stereocenters.